The molecule has 0 aliphatic rings. The van der Waals surface area contributed by atoms with Crippen molar-refractivity contribution in [3.8, 4) is 0 Å². The van der Waals surface area contributed by atoms with Crippen LogP contribution in [0.2, 0.25) is 5.02 Å². The highest BCUT2D eigenvalue weighted by molar-refractivity contribution is 6.31. The van der Waals surface area contributed by atoms with Gasteiger partial charge in [-0.15, -0.1) is 0 Å². The summed E-state index contributed by atoms with van der Waals surface area (Å²) >= 11 is 5.98. The largest absolute Gasteiger partial charge is 0.456 e. The normalized spacial score (nSPS) is 10.2. The lowest BCUT2D eigenvalue weighted by atomic mass is 10.1. The first-order valence-corrected chi connectivity index (χ1v) is 8.14. The third-order valence-electron chi connectivity index (χ3n) is 3.56. The van der Waals surface area contributed by atoms with Crippen LogP contribution in [0.25, 0.3) is 0 Å². The van der Waals surface area contributed by atoms with E-state index in [-0.39, 0.29) is 18.6 Å². The maximum atomic E-state index is 11.9. The molecule has 0 spiro atoms. The number of hydrogen-bond acceptors (Lipinski definition) is 4. The summed E-state index contributed by atoms with van der Waals surface area (Å²) in [5, 5.41) is 3.17. The molecule has 0 saturated carbocycles. The molecule has 0 bridgehead atoms. The minimum atomic E-state index is -0.595. The van der Waals surface area contributed by atoms with E-state index >= 15 is 0 Å². The average Bonchev–Trinajstić information content (AvgIpc) is 2.62. The quantitative estimate of drug-likeness (QED) is 0.603. The van der Waals surface area contributed by atoms with Gasteiger partial charge in [-0.05, 0) is 24.6 Å². The van der Waals surface area contributed by atoms with Crippen LogP contribution >= 0.6 is 11.6 Å². The summed E-state index contributed by atoms with van der Waals surface area (Å²) < 4.78 is 4.90. The molecule has 0 radical (unpaired) electrons. The number of anilines is 1. The average molecular weight is 360 g/mol. The van der Waals surface area contributed by atoms with Crippen LogP contribution in [0.15, 0.2) is 48.5 Å². The Kier molecular flexibility index (Phi) is 6.71. The van der Waals surface area contributed by atoms with E-state index in [0.717, 1.165) is 5.56 Å². The lowest BCUT2D eigenvalue weighted by Crippen LogP contribution is -2.21. The Balaban J connectivity index is 1.75. The van der Waals surface area contributed by atoms with E-state index in [4.69, 9.17) is 16.3 Å². The summed E-state index contributed by atoms with van der Waals surface area (Å²) in [6, 6.07) is 13.8. The highest BCUT2D eigenvalue weighted by atomic mass is 35.5. The Labute approximate surface area is 150 Å². The van der Waals surface area contributed by atoms with Crippen molar-refractivity contribution in [2.75, 3.05) is 11.9 Å². The van der Waals surface area contributed by atoms with E-state index in [2.05, 4.69) is 5.32 Å². The highest BCUT2D eigenvalue weighted by Crippen LogP contribution is 2.22. The number of Topliss-reactive ketones (excluding diaryl/α,β-unsaturated/α-hetero) is 1. The van der Waals surface area contributed by atoms with Crippen molar-refractivity contribution in [3.63, 3.8) is 0 Å². The summed E-state index contributed by atoms with van der Waals surface area (Å²) in [5.41, 5.74) is 1.84. The molecule has 0 aromatic heterocycles. The van der Waals surface area contributed by atoms with Crippen molar-refractivity contribution in [3.05, 3.63) is 64.7 Å². The lowest BCUT2D eigenvalue weighted by Gasteiger charge is -2.09. The van der Waals surface area contributed by atoms with Gasteiger partial charge in [0.1, 0.15) is 0 Å². The third kappa shape index (κ3) is 5.72. The predicted octanol–water partition coefficient (Wildman–Crippen LogP) is 3.79. The molecule has 0 unspecified atom stereocenters. The monoisotopic (exact) mass is 359 g/mol. The van der Waals surface area contributed by atoms with Gasteiger partial charge < -0.3 is 10.1 Å². The SMILES string of the molecule is Cc1c(Cl)cccc1NC(=O)COC(=O)CCC(=O)c1ccccc1. The van der Waals surface area contributed by atoms with Gasteiger partial charge in [0.15, 0.2) is 12.4 Å². The van der Waals surface area contributed by atoms with Crippen LogP contribution in [-0.2, 0) is 14.3 Å². The molecule has 0 saturated heterocycles. The van der Waals surface area contributed by atoms with E-state index in [1.54, 1.807) is 49.4 Å². The second kappa shape index (κ2) is 8.99. The fourth-order valence-electron chi connectivity index (χ4n) is 2.13. The fraction of sp³-hybridized carbons (Fsp3) is 0.211. The predicted molar refractivity (Wildman–Crippen MR) is 95.8 cm³/mol. The zero-order valence-corrected chi connectivity index (χ0v) is 14.5. The number of ether oxygens (including phenoxy) is 1. The molecule has 1 amide bonds. The van der Waals surface area contributed by atoms with Gasteiger partial charge in [-0.3, -0.25) is 14.4 Å². The summed E-state index contributed by atoms with van der Waals surface area (Å²) in [5.74, 6) is -1.20. The van der Waals surface area contributed by atoms with Crippen LogP contribution in [0.3, 0.4) is 0 Å². The van der Waals surface area contributed by atoms with Crippen LogP contribution in [0.5, 0.6) is 0 Å². The van der Waals surface area contributed by atoms with Crippen molar-refractivity contribution in [1.82, 2.24) is 0 Å². The molecule has 130 valence electrons. The van der Waals surface area contributed by atoms with Crippen LogP contribution in [0, 0.1) is 6.92 Å². The number of carbonyl (C=O) groups is 3. The van der Waals surface area contributed by atoms with Crippen molar-refractivity contribution < 1.29 is 19.1 Å². The molecule has 1 N–H and O–H groups in total. The van der Waals surface area contributed by atoms with Gasteiger partial charge in [0.05, 0.1) is 6.42 Å². The maximum Gasteiger partial charge on any atom is 0.306 e. The molecule has 5 nitrogen and oxygen atoms in total. The van der Waals surface area contributed by atoms with Crippen molar-refractivity contribution >= 4 is 34.9 Å². The minimum absolute atomic E-state index is 0.0396. The Bertz CT molecular complexity index is 774. The number of halogens is 1. The van der Waals surface area contributed by atoms with Gasteiger partial charge in [-0.1, -0.05) is 48.0 Å². The third-order valence-corrected chi connectivity index (χ3v) is 3.97. The van der Waals surface area contributed by atoms with Crippen molar-refractivity contribution in [1.29, 1.82) is 0 Å². The molecule has 0 fully saturated rings. The Morgan fingerprint density at radius 3 is 2.44 bits per heavy atom. The van der Waals surface area contributed by atoms with E-state index in [0.29, 0.717) is 16.3 Å². The summed E-state index contributed by atoms with van der Waals surface area (Å²) in [6.07, 6.45) is -0.0327. The van der Waals surface area contributed by atoms with Gasteiger partial charge in [0, 0.05) is 22.7 Å². The Morgan fingerprint density at radius 1 is 1.00 bits per heavy atom. The van der Waals surface area contributed by atoms with E-state index in [9.17, 15) is 14.4 Å². The number of carbonyl (C=O) groups excluding carboxylic acids is 3. The second-order valence-corrected chi connectivity index (χ2v) is 5.82. The molecule has 6 heteroatoms. The number of benzene rings is 2. The minimum Gasteiger partial charge on any atom is -0.456 e. The number of hydrogen-bond donors (Lipinski definition) is 1. The molecular weight excluding hydrogens is 342 g/mol. The summed E-state index contributed by atoms with van der Waals surface area (Å²) in [6.45, 7) is 1.36. The van der Waals surface area contributed by atoms with Crippen molar-refractivity contribution in [2.45, 2.75) is 19.8 Å². The topological polar surface area (TPSA) is 72.5 Å². The molecule has 0 heterocycles. The molecule has 2 rings (SSSR count). The lowest BCUT2D eigenvalue weighted by molar-refractivity contribution is -0.147. The van der Waals surface area contributed by atoms with E-state index in [1.807, 2.05) is 6.07 Å². The molecule has 25 heavy (non-hydrogen) atoms. The number of amides is 1. The zero-order valence-electron chi connectivity index (χ0n) is 13.8. The van der Waals surface area contributed by atoms with E-state index in [1.165, 1.54) is 0 Å². The van der Waals surface area contributed by atoms with Gasteiger partial charge in [0.25, 0.3) is 5.91 Å². The molecule has 0 aliphatic carbocycles. The van der Waals surface area contributed by atoms with Crippen LogP contribution in [0.4, 0.5) is 5.69 Å². The molecule has 2 aromatic rings. The Morgan fingerprint density at radius 2 is 1.72 bits per heavy atom. The summed E-state index contributed by atoms with van der Waals surface area (Å²) in [7, 11) is 0. The summed E-state index contributed by atoms with van der Waals surface area (Å²) in [4.78, 5) is 35.4. The van der Waals surface area contributed by atoms with Gasteiger partial charge in [0.2, 0.25) is 0 Å². The van der Waals surface area contributed by atoms with E-state index < -0.39 is 18.5 Å². The van der Waals surface area contributed by atoms with Gasteiger partial charge in [-0.25, -0.2) is 0 Å². The Hall–Kier alpha value is -2.66. The van der Waals surface area contributed by atoms with Crippen LogP contribution in [0.1, 0.15) is 28.8 Å². The molecular formula is C19H18ClNO4. The maximum absolute atomic E-state index is 11.9. The molecule has 0 atom stereocenters. The first-order chi connectivity index (χ1) is 12.0. The second-order valence-electron chi connectivity index (χ2n) is 5.41. The number of ketones is 1. The zero-order chi connectivity index (χ0) is 18.2. The number of esters is 1. The standard InChI is InChI=1S/C19H18ClNO4/c1-13-15(20)8-5-9-16(13)21-18(23)12-25-19(24)11-10-17(22)14-6-3-2-4-7-14/h2-9H,10-12H2,1H3,(H,21,23). The first kappa shape index (κ1) is 18.7. The fourth-order valence-corrected chi connectivity index (χ4v) is 2.31. The van der Waals surface area contributed by atoms with Gasteiger partial charge >= 0.3 is 5.97 Å². The first-order valence-electron chi connectivity index (χ1n) is 7.76. The molecule has 2 aromatic carbocycles. The molecule has 0 aliphatic heterocycles. The van der Waals surface area contributed by atoms with Crippen LogP contribution < -0.4 is 5.32 Å². The van der Waals surface area contributed by atoms with Gasteiger partial charge in [-0.2, -0.15) is 0 Å². The highest BCUT2D eigenvalue weighted by Gasteiger charge is 2.12. The van der Waals surface area contributed by atoms with Crippen LogP contribution in [-0.4, -0.2) is 24.3 Å². The smallest absolute Gasteiger partial charge is 0.306 e. The van der Waals surface area contributed by atoms with Crippen molar-refractivity contribution in [2.24, 2.45) is 0 Å². The number of rotatable bonds is 7. The number of nitrogens with one attached hydrogen (secondary N) is 1.